The van der Waals surface area contributed by atoms with Gasteiger partial charge in [-0.3, -0.25) is 14.2 Å². The number of carbonyl (C=O) groups is 2. The number of ether oxygens (including phenoxy) is 3. The van der Waals surface area contributed by atoms with Crippen molar-refractivity contribution in [2.75, 3.05) is 26.2 Å². The molecular formula is C35H56FO9PSi. The lowest BCUT2D eigenvalue weighted by Crippen LogP contribution is -2.70. The van der Waals surface area contributed by atoms with Crippen molar-refractivity contribution >= 4 is 27.5 Å². The maximum absolute atomic E-state index is 18.7. The minimum atomic E-state index is -3.72. The van der Waals surface area contributed by atoms with E-state index < -0.39 is 68.3 Å². The van der Waals surface area contributed by atoms with E-state index in [1.54, 1.807) is 26.0 Å². The predicted molar refractivity (Wildman–Crippen MR) is 179 cm³/mol. The molecule has 47 heavy (non-hydrogen) atoms. The van der Waals surface area contributed by atoms with E-state index in [9.17, 15) is 14.2 Å². The molecule has 3 saturated carbocycles. The van der Waals surface area contributed by atoms with Crippen LogP contribution in [0.3, 0.4) is 0 Å². The Balaban J connectivity index is 1.61. The van der Waals surface area contributed by atoms with Crippen LogP contribution in [0.2, 0.25) is 18.1 Å². The Kier molecular flexibility index (Phi) is 9.53. The second-order valence-electron chi connectivity index (χ2n) is 16.5. The zero-order valence-corrected chi connectivity index (χ0v) is 32.1. The maximum atomic E-state index is 18.7. The number of hydrogen-bond donors (Lipinski definition) is 0. The van der Waals surface area contributed by atoms with Gasteiger partial charge in [0.05, 0.1) is 32.0 Å². The van der Waals surface area contributed by atoms with Crippen molar-refractivity contribution in [3.63, 3.8) is 0 Å². The fraction of sp³-hybridized carbons (Fsp3) is 0.829. The van der Waals surface area contributed by atoms with Gasteiger partial charge in [-0.25, -0.2) is 4.39 Å². The van der Waals surface area contributed by atoms with E-state index in [2.05, 4.69) is 33.9 Å². The Morgan fingerprint density at radius 3 is 2.34 bits per heavy atom. The highest BCUT2D eigenvalue weighted by Gasteiger charge is 2.80. The van der Waals surface area contributed by atoms with Crippen molar-refractivity contribution in [3.8, 4) is 0 Å². The van der Waals surface area contributed by atoms with Crippen LogP contribution in [0.1, 0.15) is 88.0 Å². The van der Waals surface area contributed by atoms with E-state index in [1.807, 2.05) is 27.7 Å². The van der Waals surface area contributed by atoms with E-state index in [-0.39, 0.29) is 48.8 Å². The van der Waals surface area contributed by atoms with Gasteiger partial charge in [0.2, 0.25) is 0 Å². The number of carbonyl (C=O) groups excluding carboxylic acids is 2. The average molecular weight is 699 g/mol. The van der Waals surface area contributed by atoms with Gasteiger partial charge in [-0.2, -0.15) is 0 Å². The monoisotopic (exact) mass is 698 g/mol. The Labute approximate surface area is 281 Å². The van der Waals surface area contributed by atoms with Gasteiger partial charge in [0.1, 0.15) is 6.35 Å². The van der Waals surface area contributed by atoms with Gasteiger partial charge in [0.25, 0.3) is 0 Å². The van der Waals surface area contributed by atoms with Crippen molar-refractivity contribution < 1.29 is 46.2 Å². The zero-order chi connectivity index (χ0) is 35.1. The quantitative estimate of drug-likeness (QED) is 0.159. The Hall–Kier alpha value is -1.04. The van der Waals surface area contributed by atoms with E-state index in [4.69, 9.17) is 27.7 Å². The Morgan fingerprint density at radius 1 is 1.11 bits per heavy atom. The molecule has 266 valence electrons. The van der Waals surface area contributed by atoms with Crippen LogP contribution in [0.4, 0.5) is 4.39 Å². The summed E-state index contributed by atoms with van der Waals surface area (Å²) in [6, 6.07) is 0. The topological polar surface area (TPSA) is 107 Å². The number of fused-ring (bicyclic) bond motifs is 7. The van der Waals surface area contributed by atoms with Gasteiger partial charge in [0, 0.05) is 16.7 Å². The summed E-state index contributed by atoms with van der Waals surface area (Å²) in [5.74, 6) is -2.29. The number of alkyl halides is 1. The molecule has 8 atom stereocenters. The van der Waals surface area contributed by atoms with E-state index >= 15 is 4.39 Å². The predicted octanol–water partition coefficient (Wildman–Crippen LogP) is 7.70. The molecule has 0 bridgehead atoms. The smallest absolute Gasteiger partial charge is 0.356 e. The average Bonchev–Trinajstić information content (AvgIpc) is 3.36. The minimum Gasteiger partial charge on any atom is -0.409 e. The molecule has 4 aliphatic carbocycles. The van der Waals surface area contributed by atoms with Crippen molar-refractivity contribution in [3.05, 3.63) is 23.8 Å². The van der Waals surface area contributed by atoms with Crippen LogP contribution in [0.25, 0.3) is 0 Å². The van der Waals surface area contributed by atoms with Crippen LogP contribution >= 0.6 is 7.60 Å². The highest BCUT2D eigenvalue weighted by molar-refractivity contribution is 7.53. The van der Waals surface area contributed by atoms with Gasteiger partial charge in [0.15, 0.2) is 36.9 Å². The summed E-state index contributed by atoms with van der Waals surface area (Å²) in [6.07, 6.45) is 3.99. The number of ketones is 2. The first-order chi connectivity index (χ1) is 21.6. The number of Topliss-reactive ketones (excluding diaryl/α,β-unsaturated/α-hetero) is 1. The molecule has 0 radical (unpaired) electrons. The van der Waals surface area contributed by atoms with Gasteiger partial charge >= 0.3 is 7.60 Å². The first kappa shape index (κ1) is 37.2. The maximum Gasteiger partial charge on any atom is 0.356 e. The second kappa shape index (κ2) is 12.0. The summed E-state index contributed by atoms with van der Waals surface area (Å²) >= 11 is 0. The summed E-state index contributed by atoms with van der Waals surface area (Å²) in [4.78, 5) is 27.2. The van der Waals surface area contributed by atoms with Crippen molar-refractivity contribution in [2.45, 2.75) is 135 Å². The summed E-state index contributed by atoms with van der Waals surface area (Å²) < 4.78 is 69.7. The largest absolute Gasteiger partial charge is 0.409 e. The fourth-order valence-electron chi connectivity index (χ4n) is 9.21. The minimum absolute atomic E-state index is 0.0926. The molecule has 0 aromatic rings. The van der Waals surface area contributed by atoms with Crippen molar-refractivity contribution in [2.24, 2.45) is 22.7 Å². The molecule has 9 nitrogen and oxygen atoms in total. The van der Waals surface area contributed by atoms with Gasteiger partial charge < -0.3 is 27.7 Å². The molecular weight excluding hydrogens is 642 g/mol. The summed E-state index contributed by atoms with van der Waals surface area (Å²) in [7, 11) is -6.03. The van der Waals surface area contributed by atoms with Gasteiger partial charge in [-0.05, 0) is 96.5 Å². The van der Waals surface area contributed by atoms with E-state index in [0.29, 0.717) is 19.3 Å². The summed E-state index contributed by atoms with van der Waals surface area (Å²) in [6.45, 7) is 21.6. The van der Waals surface area contributed by atoms with Crippen molar-refractivity contribution in [1.29, 1.82) is 0 Å². The third-order valence-electron chi connectivity index (χ3n) is 12.5. The van der Waals surface area contributed by atoms with Gasteiger partial charge in [-0.1, -0.05) is 39.3 Å². The SMILES string of the molecule is CCOP(=O)(CO[C@H]1C[C@@]2(C)[C@@H](C[C@H]3OC(C)(C)O[C@]32C(=O)CO[Si](C)(C)C(C)(C)C)[C@@H]2CCC3=CC(=O)C=C[C@]3(C)[C@@]12F)OCC. The zero-order valence-electron chi connectivity index (χ0n) is 30.2. The standard InChI is InChI=1S/C35H56FO9PSi/c1-12-41-46(39,42-13-2)22-40-29-20-33(9)26(25-15-14-23-18-24(37)16-17-32(23,8)34(25,29)36)19-28-35(33,45-31(6,7)44-28)27(38)21-43-47(10,11)30(3,4)5/h16-18,25-26,28-29H,12-15,19-22H2,1-11H3/t25-,26-,28+,29-,32-,33-,34-,35+/m0/s1. The fourth-order valence-corrected chi connectivity index (χ4v) is 11.5. The molecule has 0 aromatic heterocycles. The molecule has 12 heteroatoms. The molecule has 0 spiro atoms. The Bertz CT molecular complexity index is 1380. The van der Waals surface area contributed by atoms with Crippen LogP contribution in [-0.2, 0) is 41.8 Å². The molecule has 0 aromatic carbocycles. The number of allylic oxidation sites excluding steroid dienone is 4. The number of rotatable bonds is 11. The highest BCUT2D eigenvalue weighted by atomic mass is 31.2. The van der Waals surface area contributed by atoms with Crippen LogP contribution < -0.4 is 0 Å². The first-order valence-corrected chi connectivity index (χ1v) is 21.9. The summed E-state index contributed by atoms with van der Waals surface area (Å²) in [5, 5.41) is -0.108. The lowest BCUT2D eigenvalue weighted by molar-refractivity contribution is -0.251. The third kappa shape index (κ3) is 5.67. The number of hydrogen-bond acceptors (Lipinski definition) is 9. The molecule has 1 aliphatic heterocycles. The summed E-state index contributed by atoms with van der Waals surface area (Å²) in [5.41, 5.74) is -4.77. The van der Waals surface area contributed by atoms with Crippen LogP contribution in [0.5, 0.6) is 0 Å². The highest BCUT2D eigenvalue weighted by Crippen LogP contribution is 2.73. The Morgan fingerprint density at radius 2 is 1.74 bits per heavy atom. The molecule has 0 unspecified atom stereocenters. The van der Waals surface area contributed by atoms with E-state index in [0.717, 1.165) is 5.57 Å². The lowest BCUT2D eigenvalue weighted by atomic mass is 9.44. The molecule has 1 heterocycles. The normalized spacial score (nSPS) is 39.6. The van der Waals surface area contributed by atoms with Crippen LogP contribution in [-0.4, -0.2) is 75.3 Å². The second-order valence-corrected chi connectivity index (χ2v) is 23.3. The van der Waals surface area contributed by atoms with E-state index in [1.165, 1.54) is 6.08 Å². The molecule has 5 aliphatic rings. The first-order valence-electron chi connectivity index (χ1n) is 17.2. The molecule has 0 amide bonds. The van der Waals surface area contributed by atoms with Crippen LogP contribution in [0.15, 0.2) is 23.8 Å². The van der Waals surface area contributed by atoms with Crippen LogP contribution in [0, 0.1) is 22.7 Å². The lowest BCUT2D eigenvalue weighted by Gasteiger charge is -2.63. The van der Waals surface area contributed by atoms with Crippen molar-refractivity contribution in [1.82, 2.24) is 0 Å². The third-order valence-corrected chi connectivity index (χ3v) is 18.7. The molecule has 0 N–H and O–H groups in total. The molecule has 1 saturated heterocycles. The molecule has 5 rings (SSSR count). The number of halogens is 1. The molecule has 4 fully saturated rings. The van der Waals surface area contributed by atoms with Gasteiger partial charge in [-0.15, -0.1) is 0 Å².